The lowest BCUT2D eigenvalue weighted by Gasteiger charge is -2.42. The molecule has 5 atom stereocenters. The highest BCUT2D eigenvalue weighted by atomic mass is 16.7. The first kappa shape index (κ1) is 29.1. The normalized spacial score (nSPS) is 20.4. The monoisotopic (exact) mass is 554 g/mol. The highest BCUT2D eigenvalue weighted by Gasteiger charge is 2.43. The molecule has 1 aliphatic heterocycles. The lowest BCUT2D eigenvalue weighted by Crippen LogP contribution is -2.54. The molecule has 0 aromatic heterocycles. The lowest BCUT2D eigenvalue weighted by atomic mass is 9.98. The van der Waals surface area contributed by atoms with Crippen LogP contribution < -0.4 is 0 Å². The van der Waals surface area contributed by atoms with E-state index in [0.29, 0.717) is 32.8 Å². The maximum Gasteiger partial charge on any atom is 0.184 e. The van der Waals surface area contributed by atoms with Crippen LogP contribution in [0.5, 0.6) is 0 Å². The van der Waals surface area contributed by atoms with Crippen LogP contribution >= 0.6 is 0 Å². The van der Waals surface area contributed by atoms with Gasteiger partial charge in [-0.15, -0.1) is 0 Å². The van der Waals surface area contributed by atoms with E-state index < -0.39 is 30.7 Å². The fourth-order valence-electron chi connectivity index (χ4n) is 4.97. The van der Waals surface area contributed by atoms with Crippen molar-refractivity contribution in [2.45, 2.75) is 56.9 Å². The summed E-state index contributed by atoms with van der Waals surface area (Å²) in [5.41, 5.74) is 4.07. The largest absolute Gasteiger partial charge is 0.396 e. The summed E-state index contributed by atoms with van der Waals surface area (Å²) in [7, 11) is 0. The molecular weight excluding hydrogens is 516 g/mol. The van der Waals surface area contributed by atoms with Gasteiger partial charge in [-0.05, 0) is 23.1 Å². The van der Waals surface area contributed by atoms with E-state index in [4.69, 9.17) is 23.7 Å². The SMILES string of the molecule is OCC[C@@H](OCc1ccccc1)[C@@H](OCc1ccccc1)[C@@H]1O[C@@H](c2ccccc2)OC[C@H]1OCc1ccccc1. The summed E-state index contributed by atoms with van der Waals surface area (Å²) >= 11 is 0. The molecular formula is C35H38O6. The van der Waals surface area contributed by atoms with Crippen molar-refractivity contribution in [3.05, 3.63) is 144 Å². The summed E-state index contributed by atoms with van der Waals surface area (Å²) in [5.74, 6) is 0. The summed E-state index contributed by atoms with van der Waals surface area (Å²) < 4.78 is 32.4. The first-order valence-corrected chi connectivity index (χ1v) is 14.2. The molecule has 1 fully saturated rings. The Morgan fingerprint density at radius 3 is 1.73 bits per heavy atom. The zero-order valence-corrected chi connectivity index (χ0v) is 23.2. The van der Waals surface area contributed by atoms with Gasteiger partial charge >= 0.3 is 0 Å². The van der Waals surface area contributed by atoms with Crippen LogP contribution in [-0.2, 0) is 43.5 Å². The van der Waals surface area contributed by atoms with Crippen LogP contribution in [0.15, 0.2) is 121 Å². The molecule has 0 aliphatic carbocycles. The lowest BCUT2D eigenvalue weighted by molar-refractivity contribution is -0.301. The molecule has 1 saturated heterocycles. The number of hydrogen-bond donors (Lipinski definition) is 1. The van der Waals surface area contributed by atoms with Gasteiger partial charge in [0.1, 0.15) is 18.3 Å². The van der Waals surface area contributed by atoms with Gasteiger partial charge in [0.2, 0.25) is 0 Å². The number of rotatable bonds is 14. The van der Waals surface area contributed by atoms with Gasteiger partial charge in [-0.2, -0.15) is 0 Å². The topological polar surface area (TPSA) is 66.4 Å². The molecule has 1 aliphatic rings. The van der Waals surface area contributed by atoms with Crippen LogP contribution in [0, 0.1) is 0 Å². The fourth-order valence-corrected chi connectivity index (χ4v) is 4.97. The van der Waals surface area contributed by atoms with Crippen molar-refractivity contribution in [3.63, 3.8) is 0 Å². The Balaban J connectivity index is 1.42. The van der Waals surface area contributed by atoms with Crippen molar-refractivity contribution < 1.29 is 28.8 Å². The second-order valence-electron chi connectivity index (χ2n) is 10.1. The van der Waals surface area contributed by atoms with Crippen molar-refractivity contribution in [1.82, 2.24) is 0 Å². The standard InChI is InChI=1S/C35H38O6/c36-22-21-31(37-23-27-13-5-1-6-14-27)33(39-25-29-17-9-3-10-18-29)34-32(38-24-28-15-7-2-8-16-28)26-40-35(41-34)30-19-11-4-12-20-30/h1-20,31-36H,21-26H2/t31-,32-,33-,34-,35+/m1/s1. The summed E-state index contributed by atoms with van der Waals surface area (Å²) in [6.45, 7) is 1.44. The van der Waals surface area contributed by atoms with E-state index >= 15 is 0 Å². The summed E-state index contributed by atoms with van der Waals surface area (Å²) in [6.07, 6.45) is -2.13. The number of benzene rings is 4. The van der Waals surface area contributed by atoms with Gasteiger partial charge in [0.05, 0.1) is 32.5 Å². The maximum absolute atomic E-state index is 10.1. The molecule has 4 aromatic rings. The molecule has 0 radical (unpaired) electrons. The van der Waals surface area contributed by atoms with Gasteiger partial charge in [0.25, 0.3) is 0 Å². The molecule has 0 bridgehead atoms. The Morgan fingerprint density at radius 1 is 0.659 bits per heavy atom. The minimum atomic E-state index is -0.579. The highest BCUT2D eigenvalue weighted by Crippen LogP contribution is 2.33. The van der Waals surface area contributed by atoms with Crippen molar-refractivity contribution in [2.75, 3.05) is 13.2 Å². The highest BCUT2D eigenvalue weighted by molar-refractivity contribution is 5.18. The predicted molar refractivity (Wildman–Crippen MR) is 157 cm³/mol. The molecule has 0 saturated carbocycles. The molecule has 6 nitrogen and oxygen atoms in total. The molecule has 4 aromatic carbocycles. The first-order valence-electron chi connectivity index (χ1n) is 14.2. The van der Waals surface area contributed by atoms with Gasteiger partial charge in [-0.3, -0.25) is 0 Å². The minimum absolute atomic E-state index is 0.0501. The van der Waals surface area contributed by atoms with Crippen LogP contribution in [0.25, 0.3) is 0 Å². The van der Waals surface area contributed by atoms with Crippen molar-refractivity contribution >= 4 is 0 Å². The van der Waals surface area contributed by atoms with E-state index in [-0.39, 0.29) is 6.61 Å². The van der Waals surface area contributed by atoms with Gasteiger partial charge < -0.3 is 28.8 Å². The average Bonchev–Trinajstić information content (AvgIpc) is 3.05. The second-order valence-corrected chi connectivity index (χ2v) is 10.1. The fraction of sp³-hybridized carbons (Fsp3) is 0.314. The molecule has 0 spiro atoms. The minimum Gasteiger partial charge on any atom is -0.396 e. The third-order valence-corrected chi connectivity index (χ3v) is 7.13. The Labute approximate surface area is 242 Å². The maximum atomic E-state index is 10.1. The predicted octanol–water partition coefficient (Wildman–Crippen LogP) is 6.24. The van der Waals surface area contributed by atoms with Crippen LogP contribution in [-0.4, -0.2) is 42.7 Å². The van der Waals surface area contributed by atoms with Crippen molar-refractivity contribution in [3.8, 4) is 0 Å². The average molecular weight is 555 g/mol. The third kappa shape index (κ3) is 8.57. The zero-order chi connectivity index (χ0) is 28.1. The molecule has 1 N–H and O–H groups in total. The van der Waals surface area contributed by atoms with E-state index in [1.54, 1.807) is 0 Å². The van der Waals surface area contributed by atoms with E-state index in [1.807, 2.05) is 121 Å². The Bertz CT molecular complexity index is 1260. The van der Waals surface area contributed by atoms with Crippen molar-refractivity contribution in [1.29, 1.82) is 0 Å². The third-order valence-electron chi connectivity index (χ3n) is 7.13. The van der Waals surface area contributed by atoms with E-state index in [1.165, 1.54) is 0 Å². The second kappa shape index (κ2) is 15.6. The van der Waals surface area contributed by atoms with Gasteiger partial charge in [-0.25, -0.2) is 0 Å². The molecule has 0 unspecified atom stereocenters. The summed E-state index contributed by atoms with van der Waals surface area (Å²) in [5, 5.41) is 10.1. The molecule has 214 valence electrons. The van der Waals surface area contributed by atoms with Crippen LogP contribution in [0.4, 0.5) is 0 Å². The van der Waals surface area contributed by atoms with Gasteiger partial charge in [0, 0.05) is 12.2 Å². The van der Waals surface area contributed by atoms with E-state index in [2.05, 4.69) is 0 Å². The Hall–Kier alpha value is -3.36. The van der Waals surface area contributed by atoms with E-state index in [0.717, 1.165) is 22.3 Å². The zero-order valence-electron chi connectivity index (χ0n) is 23.2. The molecule has 41 heavy (non-hydrogen) atoms. The first-order chi connectivity index (χ1) is 20.3. The molecule has 0 amide bonds. The van der Waals surface area contributed by atoms with Gasteiger partial charge in [-0.1, -0.05) is 121 Å². The van der Waals surface area contributed by atoms with Crippen LogP contribution in [0.3, 0.4) is 0 Å². The smallest absolute Gasteiger partial charge is 0.184 e. The molecule has 1 heterocycles. The van der Waals surface area contributed by atoms with Crippen molar-refractivity contribution in [2.24, 2.45) is 0 Å². The number of aliphatic hydroxyl groups excluding tert-OH is 1. The van der Waals surface area contributed by atoms with Crippen LogP contribution in [0.1, 0.15) is 35.0 Å². The number of aliphatic hydroxyl groups is 1. The number of ether oxygens (including phenoxy) is 5. The molecule has 6 heteroatoms. The van der Waals surface area contributed by atoms with Gasteiger partial charge in [0.15, 0.2) is 6.29 Å². The summed E-state index contributed by atoms with van der Waals surface area (Å²) in [4.78, 5) is 0. The Kier molecular flexibility index (Phi) is 11.1. The van der Waals surface area contributed by atoms with E-state index in [9.17, 15) is 5.11 Å². The Morgan fingerprint density at radius 2 is 1.17 bits per heavy atom. The molecule has 5 rings (SSSR count). The summed E-state index contributed by atoms with van der Waals surface area (Å²) in [6, 6.07) is 40.0. The quantitative estimate of drug-likeness (QED) is 0.199. The van der Waals surface area contributed by atoms with Crippen LogP contribution in [0.2, 0.25) is 0 Å². The number of hydrogen-bond acceptors (Lipinski definition) is 6.